The molecule has 29 heavy (non-hydrogen) atoms. The van der Waals surface area contributed by atoms with Gasteiger partial charge < -0.3 is 14.5 Å². The minimum Gasteiger partial charge on any atom is -0.497 e. The molecular formula is C20H29N3O5S. The third kappa shape index (κ3) is 4.72. The average molecular weight is 424 g/mol. The predicted molar refractivity (Wildman–Crippen MR) is 108 cm³/mol. The second-order valence-corrected chi connectivity index (χ2v) is 9.38. The van der Waals surface area contributed by atoms with Crippen molar-refractivity contribution in [1.82, 2.24) is 14.1 Å². The molecule has 160 valence electrons. The topological polar surface area (TPSA) is 87.2 Å². The Morgan fingerprint density at radius 2 is 1.66 bits per heavy atom. The molecule has 0 bridgehead atoms. The predicted octanol–water partition coefficient (Wildman–Crippen LogP) is 1.18. The SMILES string of the molecule is CCC(=O)N1CCN(C(=O)C2CCCN(S(=O)(=O)c3ccc(OC)cc3)C2)CC1. The largest absolute Gasteiger partial charge is 0.497 e. The summed E-state index contributed by atoms with van der Waals surface area (Å²) >= 11 is 0. The molecule has 0 N–H and O–H groups in total. The molecule has 2 aliphatic heterocycles. The van der Waals surface area contributed by atoms with E-state index in [9.17, 15) is 18.0 Å². The summed E-state index contributed by atoms with van der Waals surface area (Å²) in [6.07, 6.45) is 1.80. The Kier molecular flexibility index (Phi) is 6.79. The van der Waals surface area contributed by atoms with Crippen LogP contribution in [-0.4, -0.2) is 80.7 Å². The van der Waals surface area contributed by atoms with Crippen LogP contribution in [0.1, 0.15) is 26.2 Å². The Bertz CT molecular complexity index is 832. The smallest absolute Gasteiger partial charge is 0.243 e. The van der Waals surface area contributed by atoms with Crippen molar-refractivity contribution in [2.75, 3.05) is 46.4 Å². The Balaban J connectivity index is 1.64. The summed E-state index contributed by atoms with van der Waals surface area (Å²) < 4.78 is 32.5. The summed E-state index contributed by atoms with van der Waals surface area (Å²) in [5.41, 5.74) is 0. The van der Waals surface area contributed by atoms with E-state index >= 15 is 0 Å². The van der Waals surface area contributed by atoms with E-state index in [1.165, 1.54) is 23.5 Å². The Hall–Kier alpha value is -2.13. The van der Waals surface area contributed by atoms with E-state index in [4.69, 9.17) is 4.74 Å². The highest BCUT2D eigenvalue weighted by atomic mass is 32.2. The van der Waals surface area contributed by atoms with Crippen LogP contribution in [-0.2, 0) is 19.6 Å². The fourth-order valence-corrected chi connectivity index (χ4v) is 5.44. The minimum atomic E-state index is -3.65. The van der Waals surface area contributed by atoms with Crippen LogP contribution in [0, 0.1) is 5.92 Å². The maximum Gasteiger partial charge on any atom is 0.243 e. The monoisotopic (exact) mass is 423 g/mol. The maximum absolute atomic E-state index is 13.0. The van der Waals surface area contributed by atoms with Crippen molar-refractivity contribution in [2.24, 2.45) is 5.92 Å². The van der Waals surface area contributed by atoms with Crippen LogP contribution in [0.25, 0.3) is 0 Å². The summed E-state index contributed by atoms with van der Waals surface area (Å²) in [6.45, 7) is 4.54. The van der Waals surface area contributed by atoms with Crippen molar-refractivity contribution in [3.63, 3.8) is 0 Å². The lowest BCUT2D eigenvalue weighted by Gasteiger charge is -2.38. The highest BCUT2D eigenvalue weighted by molar-refractivity contribution is 7.89. The molecule has 1 unspecified atom stereocenters. The van der Waals surface area contributed by atoms with Gasteiger partial charge in [0.25, 0.3) is 0 Å². The van der Waals surface area contributed by atoms with Crippen molar-refractivity contribution in [3.8, 4) is 5.75 Å². The Morgan fingerprint density at radius 3 is 2.24 bits per heavy atom. The summed E-state index contributed by atoms with van der Waals surface area (Å²) in [6, 6.07) is 6.31. The van der Waals surface area contributed by atoms with Gasteiger partial charge in [-0.3, -0.25) is 9.59 Å². The van der Waals surface area contributed by atoms with Gasteiger partial charge in [-0.25, -0.2) is 8.42 Å². The fraction of sp³-hybridized carbons (Fsp3) is 0.600. The second kappa shape index (κ2) is 9.13. The van der Waals surface area contributed by atoms with Crippen LogP contribution in [0.2, 0.25) is 0 Å². The number of carbonyl (C=O) groups excluding carboxylic acids is 2. The molecule has 2 heterocycles. The first kappa shape index (κ1) is 21.6. The van der Waals surface area contributed by atoms with Gasteiger partial charge in [0.1, 0.15) is 5.75 Å². The molecule has 1 atom stereocenters. The molecule has 0 aliphatic carbocycles. The molecule has 0 spiro atoms. The molecule has 8 nitrogen and oxygen atoms in total. The highest BCUT2D eigenvalue weighted by Gasteiger charge is 2.36. The number of carbonyl (C=O) groups is 2. The summed E-state index contributed by atoms with van der Waals surface area (Å²) in [4.78, 5) is 28.6. The molecule has 0 saturated carbocycles. The highest BCUT2D eigenvalue weighted by Crippen LogP contribution is 2.26. The quantitative estimate of drug-likeness (QED) is 0.710. The summed E-state index contributed by atoms with van der Waals surface area (Å²) in [5, 5.41) is 0. The molecule has 2 aliphatic rings. The third-order valence-corrected chi connectivity index (χ3v) is 7.56. The molecule has 1 aromatic carbocycles. The molecule has 2 fully saturated rings. The van der Waals surface area contributed by atoms with Crippen LogP contribution in [0.3, 0.4) is 0 Å². The number of hydrogen-bond donors (Lipinski definition) is 0. The zero-order valence-electron chi connectivity index (χ0n) is 17.0. The number of ether oxygens (including phenoxy) is 1. The zero-order chi connectivity index (χ0) is 21.0. The van der Waals surface area contributed by atoms with E-state index in [1.54, 1.807) is 21.9 Å². The van der Waals surface area contributed by atoms with Gasteiger partial charge in [-0.05, 0) is 37.1 Å². The summed E-state index contributed by atoms with van der Waals surface area (Å²) in [7, 11) is -2.12. The average Bonchev–Trinajstić information content (AvgIpc) is 2.78. The first-order valence-electron chi connectivity index (χ1n) is 10.1. The van der Waals surface area contributed by atoms with E-state index in [0.717, 1.165) is 0 Å². The van der Waals surface area contributed by atoms with E-state index < -0.39 is 10.0 Å². The van der Waals surface area contributed by atoms with E-state index in [1.807, 2.05) is 6.92 Å². The number of sulfonamides is 1. The van der Waals surface area contributed by atoms with Crippen molar-refractivity contribution < 1.29 is 22.7 Å². The summed E-state index contributed by atoms with van der Waals surface area (Å²) in [5.74, 6) is 0.344. The molecule has 0 radical (unpaired) electrons. The number of amides is 2. The molecular weight excluding hydrogens is 394 g/mol. The van der Waals surface area contributed by atoms with Crippen LogP contribution in [0.5, 0.6) is 5.75 Å². The number of piperidine rings is 1. The van der Waals surface area contributed by atoms with Gasteiger partial charge in [-0.1, -0.05) is 6.92 Å². The van der Waals surface area contributed by atoms with Gasteiger partial charge in [0.2, 0.25) is 21.8 Å². The standard InChI is InChI=1S/C20H29N3O5S/c1-3-19(24)21-11-13-22(14-12-21)20(25)16-5-4-10-23(15-16)29(26,27)18-8-6-17(28-2)7-9-18/h6-9,16H,3-5,10-15H2,1-2H3. The van der Waals surface area contributed by atoms with Crippen molar-refractivity contribution in [2.45, 2.75) is 31.1 Å². The maximum atomic E-state index is 13.0. The number of hydrogen-bond acceptors (Lipinski definition) is 5. The van der Waals surface area contributed by atoms with Crippen LogP contribution < -0.4 is 4.74 Å². The molecule has 2 saturated heterocycles. The van der Waals surface area contributed by atoms with Crippen molar-refractivity contribution >= 4 is 21.8 Å². The lowest BCUT2D eigenvalue weighted by atomic mass is 9.97. The third-order valence-electron chi connectivity index (χ3n) is 5.68. The number of methoxy groups -OCH3 is 1. The van der Waals surface area contributed by atoms with Crippen LogP contribution in [0.4, 0.5) is 0 Å². The van der Waals surface area contributed by atoms with Gasteiger partial charge >= 0.3 is 0 Å². The molecule has 2 amide bonds. The number of piperazine rings is 1. The van der Waals surface area contributed by atoms with Gasteiger partial charge in [0.15, 0.2) is 0 Å². The van der Waals surface area contributed by atoms with E-state index in [2.05, 4.69) is 0 Å². The van der Waals surface area contributed by atoms with E-state index in [-0.39, 0.29) is 29.2 Å². The van der Waals surface area contributed by atoms with Crippen molar-refractivity contribution in [3.05, 3.63) is 24.3 Å². The molecule has 1 aromatic rings. The minimum absolute atomic E-state index is 0.0109. The van der Waals surface area contributed by atoms with Gasteiger partial charge in [-0.2, -0.15) is 4.31 Å². The molecule has 3 rings (SSSR count). The van der Waals surface area contributed by atoms with Crippen LogP contribution in [0.15, 0.2) is 29.2 Å². The van der Waals surface area contributed by atoms with Gasteiger partial charge in [0.05, 0.1) is 17.9 Å². The lowest BCUT2D eigenvalue weighted by molar-refractivity contribution is -0.142. The second-order valence-electron chi connectivity index (χ2n) is 7.44. The Morgan fingerprint density at radius 1 is 1.03 bits per heavy atom. The first-order valence-corrected chi connectivity index (χ1v) is 11.5. The van der Waals surface area contributed by atoms with Gasteiger partial charge in [-0.15, -0.1) is 0 Å². The van der Waals surface area contributed by atoms with Crippen LogP contribution >= 0.6 is 0 Å². The lowest BCUT2D eigenvalue weighted by Crippen LogP contribution is -2.54. The van der Waals surface area contributed by atoms with Crippen molar-refractivity contribution in [1.29, 1.82) is 0 Å². The normalized spacial score (nSPS) is 21.1. The van der Waals surface area contributed by atoms with Gasteiger partial charge in [0, 0.05) is 45.7 Å². The number of benzene rings is 1. The van der Waals surface area contributed by atoms with E-state index in [0.29, 0.717) is 57.7 Å². The molecule has 9 heteroatoms. The molecule has 0 aromatic heterocycles. The Labute approximate surface area is 172 Å². The number of rotatable bonds is 5. The fourth-order valence-electron chi connectivity index (χ4n) is 3.92. The first-order chi connectivity index (χ1) is 13.9. The zero-order valence-corrected chi connectivity index (χ0v) is 17.9. The number of nitrogens with zero attached hydrogens (tertiary/aromatic N) is 3.